The first-order valence-corrected chi connectivity index (χ1v) is 4.34. The molecular formula is C6H11NS. The van der Waals surface area contributed by atoms with E-state index in [1.807, 2.05) is 0 Å². The van der Waals surface area contributed by atoms with Gasteiger partial charge < -0.3 is 4.90 Å². The summed E-state index contributed by atoms with van der Waals surface area (Å²) in [6, 6.07) is 0. The normalized spacial score (nSPS) is 45.0. The summed E-state index contributed by atoms with van der Waals surface area (Å²) in [6.45, 7) is 4.12. The zero-order valence-electron chi connectivity index (χ0n) is 4.97. The summed E-state index contributed by atoms with van der Waals surface area (Å²) in [6.07, 6.45) is 1.42. The first kappa shape index (κ1) is 5.12. The maximum absolute atomic E-state index is 2.55. The first-order chi connectivity index (χ1) is 3.95. The summed E-state index contributed by atoms with van der Waals surface area (Å²) < 4.78 is 0. The minimum Gasteiger partial charge on any atom is -0.301 e. The van der Waals surface area contributed by atoms with E-state index in [1.165, 1.54) is 31.8 Å². The van der Waals surface area contributed by atoms with Crippen molar-refractivity contribution in [2.45, 2.75) is 11.7 Å². The van der Waals surface area contributed by atoms with Crippen LogP contribution in [0.4, 0.5) is 0 Å². The third-order valence-corrected chi connectivity index (χ3v) is 3.19. The fourth-order valence-corrected chi connectivity index (χ4v) is 2.61. The van der Waals surface area contributed by atoms with E-state index in [2.05, 4.69) is 16.7 Å². The molecule has 46 valence electrons. The zero-order valence-corrected chi connectivity index (χ0v) is 5.78. The molecule has 0 aromatic carbocycles. The van der Waals surface area contributed by atoms with Crippen molar-refractivity contribution in [1.29, 1.82) is 0 Å². The van der Waals surface area contributed by atoms with E-state index in [0.29, 0.717) is 0 Å². The lowest BCUT2D eigenvalue weighted by molar-refractivity contribution is 0.198. The summed E-state index contributed by atoms with van der Waals surface area (Å²) in [4.78, 5) is 2.55. The predicted octanol–water partition coefficient (Wildman–Crippen LogP) is 0.807. The summed E-state index contributed by atoms with van der Waals surface area (Å²) in [7, 11) is 0. The Morgan fingerprint density at radius 1 is 1.38 bits per heavy atom. The quantitative estimate of drug-likeness (QED) is 0.476. The van der Waals surface area contributed by atoms with Crippen LogP contribution in [0.15, 0.2) is 0 Å². The van der Waals surface area contributed by atoms with E-state index in [9.17, 15) is 0 Å². The van der Waals surface area contributed by atoms with Crippen molar-refractivity contribution in [3.05, 3.63) is 0 Å². The van der Waals surface area contributed by atoms with Crippen molar-refractivity contribution in [3.8, 4) is 0 Å². The van der Waals surface area contributed by atoms with Crippen molar-refractivity contribution in [2.24, 2.45) is 0 Å². The van der Waals surface area contributed by atoms with Crippen molar-refractivity contribution >= 4 is 11.8 Å². The molecule has 1 nitrogen and oxygen atoms in total. The van der Waals surface area contributed by atoms with Crippen LogP contribution in [-0.2, 0) is 0 Å². The lowest BCUT2D eigenvalue weighted by atomic mass is 10.2. The Morgan fingerprint density at radius 3 is 3.12 bits per heavy atom. The number of hydrogen-bond donors (Lipinski definition) is 0. The summed E-state index contributed by atoms with van der Waals surface area (Å²) in [5.74, 6) is 1.40. The van der Waals surface area contributed by atoms with Gasteiger partial charge in [-0.1, -0.05) is 0 Å². The van der Waals surface area contributed by atoms with Crippen LogP contribution in [0.1, 0.15) is 6.42 Å². The van der Waals surface area contributed by atoms with Crippen LogP contribution in [-0.4, -0.2) is 35.5 Å². The number of hydrogen-bond acceptors (Lipinski definition) is 2. The Kier molecular flexibility index (Phi) is 1.23. The molecule has 3 rings (SSSR count). The van der Waals surface area contributed by atoms with E-state index < -0.39 is 0 Å². The van der Waals surface area contributed by atoms with Crippen LogP contribution in [0.3, 0.4) is 0 Å². The highest BCUT2D eigenvalue weighted by Gasteiger charge is 2.28. The molecule has 0 aliphatic carbocycles. The smallest absolute Gasteiger partial charge is 0.0302 e. The molecule has 2 bridgehead atoms. The van der Waals surface area contributed by atoms with Gasteiger partial charge >= 0.3 is 0 Å². The molecule has 3 heterocycles. The lowest BCUT2D eigenvalue weighted by Crippen LogP contribution is -2.47. The molecule has 0 radical (unpaired) electrons. The van der Waals surface area contributed by atoms with Gasteiger partial charge in [-0.25, -0.2) is 0 Å². The van der Waals surface area contributed by atoms with Crippen LogP contribution in [0.5, 0.6) is 0 Å². The molecule has 0 saturated carbocycles. The SMILES string of the molecule is C1CSC2CN(C1)C2. The molecule has 0 N–H and O–H groups in total. The highest BCUT2D eigenvalue weighted by molar-refractivity contribution is 8.00. The van der Waals surface area contributed by atoms with Crippen molar-refractivity contribution < 1.29 is 0 Å². The maximum Gasteiger partial charge on any atom is 0.0302 e. The second-order valence-electron chi connectivity index (χ2n) is 2.61. The third kappa shape index (κ3) is 0.759. The molecular weight excluding hydrogens is 118 g/mol. The Hall–Kier alpha value is 0.310. The van der Waals surface area contributed by atoms with Crippen LogP contribution >= 0.6 is 11.8 Å². The predicted molar refractivity (Wildman–Crippen MR) is 37.3 cm³/mol. The van der Waals surface area contributed by atoms with Gasteiger partial charge in [0.25, 0.3) is 0 Å². The van der Waals surface area contributed by atoms with Gasteiger partial charge in [-0.15, -0.1) is 0 Å². The Morgan fingerprint density at radius 2 is 2.25 bits per heavy atom. The fraction of sp³-hybridized carbons (Fsp3) is 1.00. The van der Waals surface area contributed by atoms with Gasteiger partial charge in [-0.2, -0.15) is 11.8 Å². The van der Waals surface area contributed by atoms with Crippen LogP contribution in [0.25, 0.3) is 0 Å². The third-order valence-electron chi connectivity index (χ3n) is 1.90. The van der Waals surface area contributed by atoms with Crippen LogP contribution in [0.2, 0.25) is 0 Å². The van der Waals surface area contributed by atoms with Crippen molar-refractivity contribution in [3.63, 3.8) is 0 Å². The molecule has 0 unspecified atom stereocenters. The van der Waals surface area contributed by atoms with Gasteiger partial charge in [0.15, 0.2) is 0 Å². The molecule has 3 saturated heterocycles. The number of rotatable bonds is 0. The maximum atomic E-state index is 2.55. The molecule has 0 atom stereocenters. The highest BCUT2D eigenvalue weighted by atomic mass is 32.2. The number of fused-ring (bicyclic) bond motifs is 3. The molecule has 3 aliphatic heterocycles. The molecule has 0 amide bonds. The fourth-order valence-electron chi connectivity index (χ4n) is 1.35. The molecule has 0 spiro atoms. The number of nitrogens with zero attached hydrogens (tertiary/aromatic N) is 1. The van der Waals surface area contributed by atoms with Gasteiger partial charge in [0.05, 0.1) is 0 Å². The van der Waals surface area contributed by atoms with Gasteiger partial charge in [0, 0.05) is 18.3 Å². The van der Waals surface area contributed by atoms with Gasteiger partial charge in [0.1, 0.15) is 0 Å². The standard InChI is InChI=1S/C6H11NS/c1-2-7-4-6(5-7)8-3-1/h6H,1-5H2. The van der Waals surface area contributed by atoms with Crippen LogP contribution in [0, 0.1) is 0 Å². The minimum absolute atomic E-state index is 1.01. The topological polar surface area (TPSA) is 3.24 Å². The molecule has 3 fully saturated rings. The van der Waals surface area contributed by atoms with Crippen molar-refractivity contribution in [1.82, 2.24) is 4.90 Å². The summed E-state index contributed by atoms with van der Waals surface area (Å²) in [5.41, 5.74) is 0. The Labute approximate surface area is 54.4 Å². The average molecular weight is 129 g/mol. The first-order valence-electron chi connectivity index (χ1n) is 3.29. The monoisotopic (exact) mass is 129 g/mol. The van der Waals surface area contributed by atoms with E-state index in [-0.39, 0.29) is 0 Å². The lowest BCUT2D eigenvalue weighted by Gasteiger charge is -2.35. The summed E-state index contributed by atoms with van der Waals surface area (Å²) >= 11 is 2.16. The van der Waals surface area contributed by atoms with E-state index >= 15 is 0 Å². The zero-order chi connectivity index (χ0) is 5.40. The van der Waals surface area contributed by atoms with E-state index in [0.717, 1.165) is 5.25 Å². The number of thioether (sulfide) groups is 1. The second kappa shape index (κ2) is 1.92. The van der Waals surface area contributed by atoms with E-state index in [1.54, 1.807) is 0 Å². The Bertz CT molecular complexity index is 73.0. The highest BCUT2D eigenvalue weighted by Crippen LogP contribution is 2.26. The molecule has 8 heavy (non-hydrogen) atoms. The molecule has 0 aromatic heterocycles. The molecule has 2 heteroatoms. The minimum atomic E-state index is 1.01. The van der Waals surface area contributed by atoms with Crippen LogP contribution < -0.4 is 0 Å². The average Bonchev–Trinajstić information content (AvgIpc) is 1.89. The van der Waals surface area contributed by atoms with Gasteiger partial charge in [-0.05, 0) is 18.7 Å². The van der Waals surface area contributed by atoms with Crippen molar-refractivity contribution in [2.75, 3.05) is 25.4 Å². The Balaban J connectivity index is 1.95. The van der Waals surface area contributed by atoms with Gasteiger partial charge in [-0.3, -0.25) is 0 Å². The van der Waals surface area contributed by atoms with E-state index in [4.69, 9.17) is 0 Å². The largest absolute Gasteiger partial charge is 0.301 e. The second-order valence-corrected chi connectivity index (χ2v) is 4.01. The van der Waals surface area contributed by atoms with Gasteiger partial charge in [0.2, 0.25) is 0 Å². The molecule has 0 aromatic rings. The summed E-state index contributed by atoms with van der Waals surface area (Å²) in [5, 5.41) is 1.01. The molecule has 3 aliphatic rings.